The van der Waals surface area contributed by atoms with Crippen LogP contribution >= 0.6 is 11.8 Å². The lowest BCUT2D eigenvalue weighted by molar-refractivity contribution is 0.467. The Morgan fingerprint density at radius 1 is 1.20 bits per heavy atom. The third-order valence-corrected chi connectivity index (χ3v) is 5.78. The molecule has 0 spiro atoms. The molecule has 0 fully saturated rings. The Balaban J connectivity index is 2.18. The summed E-state index contributed by atoms with van der Waals surface area (Å²) in [5.41, 5.74) is 1.48. The molecule has 0 radical (unpaired) electrons. The summed E-state index contributed by atoms with van der Waals surface area (Å²) in [6, 6.07) is 15.7. The van der Waals surface area contributed by atoms with Crippen molar-refractivity contribution in [2.45, 2.75) is 11.4 Å². The highest BCUT2D eigenvalue weighted by atomic mass is 32.2. The van der Waals surface area contributed by atoms with Gasteiger partial charge in [-0.1, -0.05) is 42.1 Å². The first-order valence-corrected chi connectivity index (χ1v) is 10.0. The van der Waals surface area contributed by atoms with E-state index in [2.05, 4.69) is 10.3 Å². The van der Waals surface area contributed by atoms with Crippen molar-refractivity contribution < 1.29 is 8.42 Å². The lowest BCUT2D eigenvalue weighted by Crippen LogP contribution is -2.26. The number of nitriles is 1. The fraction of sp³-hybridized carbons (Fsp3) is 0.176. The first-order chi connectivity index (χ1) is 12.0. The second-order valence-corrected chi connectivity index (χ2v) is 7.94. The molecular formula is C17H18N4O2S2. The summed E-state index contributed by atoms with van der Waals surface area (Å²) in [5, 5.41) is 11.5. The van der Waals surface area contributed by atoms with E-state index in [1.807, 2.05) is 36.5 Å². The Labute approximate surface area is 152 Å². The number of rotatable bonds is 5. The van der Waals surface area contributed by atoms with Gasteiger partial charge in [-0.2, -0.15) is 9.57 Å². The van der Waals surface area contributed by atoms with Crippen LogP contribution in [0.4, 0.5) is 5.69 Å². The Morgan fingerprint density at radius 2 is 1.84 bits per heavy atom. The number of nitrogens with one attached hydrogen (secondary N) is 1. The van der Waals surface area contributed by atoms with E-state index in [-0.39, 0.29) is 4.90 Å². The zero-order valence-corrected chi connectivity index (χ0v) is 15.5. The Kier molecular flexibility index (Phi) is 6.58. The summed E-state index contributed by atoms with van der Waals surface area (Å²) >= 11 is 1.30. The van der Waals surface area contributed by atoms with Gasteiger partial charge in [0.2, 0.25) is 10.0 Å². The van der Waals surface area contributed by atoms with Crippen molar-refractivity contribution in [3.05, 3.63) is 60.2 Å². The number of thioether (sulfide) groups is 1. The summed E-state index contributed by atoms with van der Waals surface area (Å²) in [5.74, 6) is 0. The zero-order chi connectivity index (χ0) is 18.3. The van der Waals surface area contributed by atoms with Gasteiger partial charge in [-0.25, -0.2) is 13.4 Å². The van der Waals surface area contributed by atoms with Gasteiger partial charge in [0, 0.05) is 13.6 Å². The van der Waals surface area contributed by atoms with Crippen LogP contribution in [-0.2, 0) is 16.6 Å². The molecule has 130 valence electrons. The average molecular weight is 374 g/mol. The summed E-state index contributed by atoms with van der Waals surface area (Å²) in [4.78, 5) is 4.44. The van der Waals surface area contributed by atoms with E-state index in [1.165, 1.54) is 28.2 Å². The number of sulfonamides is 1. The smallest absolute Gasteiger partial charge is 0.243 e. The second kappa shape index (κ2) is 8.67. The summed E-state index contributed by atoms with van der Waals surface area (Å²) in [7, 11) is -2.03. The molecule has 0 amide bonds. The van der Waals surface area contributed by atoms with Gasteiger partial charge in [-0.3, -0.25) is 5.32 Å². The molecule has 0 atom stereocenters. The van der Waals surface area contributed by atoms with Gasteiger partial charge in [0.05, 0.1) is 10.6 Å². The van der Waals surface area contributed by atoms with Crippen molar-refractivity contribution in [1.29, 1.82) is 5.26 Å². The third kappa shape index (κ3) is 5.06. The molecular weight excluding hydrogens is 356 g/mol. The second-order valence-electron chi connectivity index (χ2n) is 5.10. The minimum absolute atomic E-state index is 0.198. The van der Waals surface area contributed by atoms with Crippen LogP contribution in [0.5, 0.6) is 0 Å². The van der Waals surface area contributed by atoms with Gasteiger partial charge >= 0.3 is 0 Å². The van der Waals surface area contributed by atoms with Gasteiger partial charge < -0.3 is 0 Å². The van der Waals surface area contributed by atoms with E-state index in [1.54, 1.807) is 25.4 Å². The molecule has 25 heavy (non-hydrogen) atoms. The van der Waals surface area contributed by atoms with Gasteiger partial charge in [-0.05, 0) is 36.1 Å². The molecule has 0 heterocycles. The minimum Gasteiger partial charge on any atom is -0.271 e. The fourth-order valence-corrected chi connectivity index (χ4v) is 3.59. The van der Waals surface area contributed by atoms with Crippen molar-refractivity contribution >= 4 is 32.6 Å². The Hall–Kier alpha value is -2.34. The van der Waals surface area contributed by atoms with Crippen LogP contribution < -0.4 is 5.32 Å². The topological polar surface area (TPSA) is 85.6 Å². The molecule has 0 saturated heterocycles. The van der Waals surface area contributed by atoms with Gasteiger partial charge in [0.15, 0.2) is 11.4 Å². The zero-order valence-electron chi connectivity index (χ0n) is 13.9. The lowest BCUT2D eigenvalue weighted by Gasteiger charge is -2.17. The SMILES string of the molecule is CSC(=Nc1ccc(S(=O)(=O)N(C)Cc2ccccc2)cc1)NC#N. The molecule has 0 aromatic heterocycles. The molecule has 2 aromatic rings. The molecule has 1 N–H and O–H groups in total. The quantitative estimate of drug-likeness (QED) is 0.376. The first kappa shape index (κ1) is 19.0. The van der Waals surface area contributed by atoms with Crippen LogP contribution in [0.3, 0.4) is 0 Å². The average Bonchev–Trinajstić information content (AvgIpc) is 2.62. The van der Waals surface area contributed by atoms with E-state index in [9.17, 15) is 8.42 Å². The van der Waals surface area contributed by atoms with E-state index < -0.39 is 10.0 Å². The molecule has 0 aliphatic rings. The predicted octanol–water partition coefficient (Wildman–Crippen LogP) is 2.93. The van der Waals surface area contributed by atoms with Crippen LogP contribution in [0.1, 0.15) is 5.56 Å². The monoisotopic (exact) mass is 374 g/mol. The number of amidine groups is 1. The van der Waals surface area contributed by atoms with Crippen LogP contribution in [0.15, 0.2) is 64.5 Å². The van der Waals surface area contributed by atoms with E-state index in [4.69, 9.17) is 5.26 Å². The van der Waals surface area contributed by atoms with Crippen LogP contribution in [0.25, 0.3) is 0 Å². The molecule has 0 saturated carbocycles. The number of hydrogen-bond donors (Lipinski definition) is 1. The van der Waals surface area contributed by atoms with Crippen LogP contribution in [0, 0.1) is 11.5 Å². The largest absolute Gasteiger partial charge is 0.271 e. The van der Waals surface area contributed by atoms with E-state index in [0.717, 1.165) is 5.56 Å². The molecule has 0 aliphatic heterocycles. The number of nitrogens with zero attached hydrogens (tertiary/aromatic N) is 3. The third-order valence-electron chi connectivity index (χ3n) is 3.38. The number of hydrogen-bond acceptors (Lipinski definition) is 5. The van der Waals surface area contributed by atoms with Gasteiger partial charge in [0.1, 0.15) is 0 Å². The van der Waals surface area contributed by atoms with Gasteiger partial charge in [-0.15, -0.1) is 0 Å². The predicted molar refractivity (Wildman–Crippen MR) is 101 cm³/mol. The molecule has 6 nitrogen and oxygen atoms in total. The maximum atomic E-state index is 12.7. The summed E-state index contributed by atoms with van der Waals surface area (Å²) < 4.78 is 26.6. The van der Waals surface area contributed by atoms with Crippen LogP contribution in [0.2, 0.25) is 0 Å². The van der Waals surface area contributed by atoms with E-state index in [0.29, 0.717) is 17.4 Å². The standard InChI is InChI=1S/C17H18N4O2S2/c1-21(12-14-6-4-3-5-7-14)25(22,23)16-10-8-15(9-11-16)20-17(24-2)19-13-18/h3-11H,12H2,1-2H3,(H,19,20). The van der Waals surface area contributed by atoms with Crippen molar-refractivity contribution in [3.8, 4) is 6.19 Å². The normalized spacial score (nSPS) is 12.0. The highest BCUT2D eigenvalue weighted by molar-refractivity contribution is 8.13. The van der Waals surface area contributed by atoms with Crippen molar-refractivity contribution in [1.82, 2.24) is 9.62 Å². The molecule has 0 unspecified atom stereocenters. The summed E-state index contributed by atoms with van der Waals surface area (Å²) in [6.07, 6.45) is 3.60. The molecule has 2 aromatic carbocycles. The first-order valence-electron chi connectivity index (χ1n) is 7.35. The highest BCUT2D eigenvalue weighted by Crippen LogP contribution is 2.21. The fourth-order valence-electron chi connectivity index (χ4n) is 2.09. The molecule has 8 heteroatoms. The van der Waals surface area contributed by atoms with Gasteiger partial charge in [0.25, 0.3) is 0 Å². The van der Waals surface area contributed by atoms with Crippen LogP contribution in [-0.4, -0.2) is 31.2 Å². The lowest BCUT2D eigenvalue weighted by atomic mass is 10.2. The Bertz CT molecular complexity index is 873. The maximum absolute atomic E-state index is 12.7. The molecule has 2 rings (SSSR count). The number of benzene rings is 2. The highest BCUT2D eigenvalue weighted by Gasteiger charge is 2.20. The molecule has 0 aliphatic carbocycles. The van der Waals surface area contributed by atoms with Crippen molar-refractivity contribution in [3.63, 3.8) is 0 Å². The summed E-state index contributed by atoms with van der Waals surface area (Å²) in [6.45, 7) is 0.297. The van der Waals surface area contributed by atoms with E-state index >= 15 is 0 Å². The number of aliphatic imine (C=N–C) groups is 1. The van der Waals surface area contributed by atoms with Crippen molar-refractivity contribution in [2.75, 3.05) is 13.3 Å². The van der Waals surface area contributed by atoms with Crippen molar-refractivity contribution in [2.24, 2.45) is 4.99 Å². The maximum Gasteiger partial charge on any atom is 0.243 e. The molecule has 0 bridgehead atoms. The Morgan fingerprint density at radius 3 is 2.40 bits per heavy atom. The minimum atomic E-state index is -3.59.